The van der Waals surface area contributed by atoms with Gasteiger partial charge in [0, 0.05) is 18.6 Å². The number of hydrogen-bond acceptors (Lipinski definition) is 3. The van der Waals surface area contributed by atoms with Crippen LogP contribution in [0, 0.1) is 0 Å². The molecule has 0 aliphatic rings. The minimum absolute atomic E-state index is 0.0662. The molecule has 0 aliphatic heterocycles. The van der Waals surface area contributed by atoms with Crippen LogP contribution in [-0.2, 0) is 16.1 Å². The highest BCUT2D eigenvalue weighted by molar-refractivity contribution is 6.30. The number of nitrogens with two attached hydrogens (primary N) is 1. The SMILES string of the molecule is CN(CC(N)=O)CC(=O)N(C)Cc1cccc(Cl)c1. The Hall–Kier alpha value is -1.59. The van der Waals surface area contributed by atoms with Gasteiger partial charge in [-0.25, -0.2) is 0 Å². The summed E-state index contributed by atoms with van der Waals surface area (Å²) >= 11 is 5.89. The fourth-order valence-electron chi connectivity index (χ4n) is 1.67. The number of rotatable bonds is 6. The summed E-state index contributed by atoms with van der Waals surface area (Å²) in [5.74, 6) is -0.531. The van der Waals surface area contributed by atoms with Crippen LogP contribution in [0.15, 0.2) is 24.3 Å². The van der Waals surface area contributed by atoms with Crippen molar-refractivity contribution in [3.8, 4) is 0 Å². The molecule has 0 saturated carbocycles. The minimum Gasteiger partial charge on any atom is -0.369 e. The summed E-state index contributed by atoms with van der Waals surface area (Å²) < 4.78 is 0. The van der Waals surface area contributed by atoms with Crippen LogP contribution >= 0.6 is 11.6 Å². The van der Waals surface area contributed by atoms with Crippen molar-refractivity contribution in [1.82, 2.24) is 9.80 Å². The van der Waals surface area contributed by atoms with E-state index in [9.17, 15) is 9.59 Å². The number of carbonyl (C=O) groups excluding carboxylic acids is 2. The first-order chi connectivity index (χ1) is 8.88. The zero-order valence-corrected chi connectivity index (χ0v) is 11.9. The third kappa shape index (κ3) is 5.72. The molecule has 0 bridgehead atoms. The molecule has 0 saturated heterocycles. The molecule has 0 aromatic heterocycles. The molecule has 0 unspecified atom stereocenters. The number of primary amides is 1. The second-order valence-corrected chi connectivity index (χ2v) is 4.95. The molecule has 0 radical (unpaired) electrons. The zero-order chi connectivity index (χ0) is 14.4. The number of halogens is 1. The van der Waals surface area contributed by atoms with E-state index in [0.717, 1.165) is 5.56 Å². The third-order valence-electron chi connectivity index (χ3n) is 2.57. The number of likely N-dealkylation sites (N-methyl/N-ethyl adjacent to an activating group) is 2. The summed E-state index contributed by atoms with van der Waals surface area (Å²) in [7, 11) is 3.39. The van der Waals surface area contributed by atoms with E-state index in [1.807, 2.05) is 18.2 Å². The summed E-state index contributed by atoms with van der Waals surface area (Å²) in [6.07, 6.45) is 0. The molecule has 1 rings (SSSR count). The van der Waals surface area contributed by atoms with Gasteiger partial charge in [0.1, 0.15) is 0 Å². The molecular weight excluding hydrogens is 266 g/mol. The van der Waals surface area contributed by atoms with E-state index in [-0.39, 0.29) is 19.0 Å². The van der Waals surface area contributed by atoms with Gasteiger partial charge >= 0.3 is 0 Å². The van der Waals surface area contributed by atoms with E-state index in [0.29, 0.717) is 11.6 Å². The molecule has 2 amide bonds. The Bertz CT molecular complexity index is 465. The molecule has 19 heavy (non-hydrogen) atoms. The summed E-state index contributed by atoms with van der Waals surface area (Å²) in [6.45, 7) is 0.695. The van der Waals surface area contributed by atoms with Crippen molar-refractivity contribution in [2.24, 2.45) is 5.73 Å². The number of carbonyl (C=O) groups is 2. The van der Waals surface area contributed by atoms with Crippen LogP contribution in [0.3, 0.4) is 0 Å². The lowest BCUT2D eigenvalue weighted by Crippen LogP contribution is -2.39. The van der Waals surface area contributed by atoms with Gasteiger partial charge in [-0.1, -0.05) is 23.7 Å². The maximum atomic E-state index is 11.9. The van der Waals surface area contributed by atoms with E-state index >= 15 is 0 Å². The average molecular weight is 284 g/mol. The predicted molar refractivity (Wildman–Crippen MR) is 74.6 cm³/mol. The summed E-state index contributed by atoms with van der Waals surface area (Å²) in [4.78, 5) is 25.8. The van der Waals surface area contributed by atoms with Gasteiger partial charge in [-0.05, 0) is 24.7 Å². The molecule has 1 aromatic carbocycles. The first-order valence-corrected chi connectivity index (χ1v) is 6.21. The molecular formula is C13H18ClN3O2. The smallest absolute Gasteiger partial charge is 0.236 e. The highest BCUT2D eigenvalue weighted by Crippen LogP contribution is 2.12. The van der Waals surface area contributed by atoms with E-state index in [4.69, 9.17) is 17.3 Å². The quantitative estimate of drug-likeness (QED) is 0.836. The Labute approximate surface area is 117 Å². The van der Waals surface area contributed by atoms with E-state index < -0.39 is 5.91 Å². The van der Waals surface area contributed by atoms with Crippen LogP contribution in [0.4, 0.5) is 0 Å². The largest absolute Gasteiger partial charge is 0.369 e. The van der Waals surface area contributed by atoms with Gasteiger partial charge in [0.05, 0.1) is 13.1 Å². The van der Waals surface area contributed by atoms with E-state index in [1.54, 1.807) is 30.0 Å². The van der Waals surface area contributed by atoms with Crippen LogP contribution in [-0.4, -0.2) is 48.8 Å². The lowest BCUT2D eigenvalue weighted by atomic mass is 10.2. The van der Waals surface area contributed by atoms with Crippen LogP contribution in [0.2, 0.25) is 5.02 Å². The van der Waals surface area contributed by atoms with Crippen molar-refractivity contribution in [1.29, 1.82) is 0 Å². The topological polar surface area (TPSA) is 66.6 Å². The first-order valence-electron chi connectivity index (χ1n) is 5.83. The summed E-state index contributed by atoms with van der Waals surface area (Å²) in [6, 6.07) is 7.35. The maximum absolute atomic E-state index is 11.9. The first kappa shape index (κ1) is 15.5. The number of amides is 2. The molecule has 1 aromatic rings. The fraction of sp³-hybridized carbons (Fsp3) is 0.385. The monoisotopic (exact) mass is 283 g/mol. The van der Waals surface area contributed by atoms with Crippen LogP contribution in [0.1, 0.15) is 5.56 Å². The molecule has 5 nitrogen and oxygen atoms in total. The van der Waals surface area contributed by atoms with Crippen LogP contribution < -0.4 is 5.73 Å². The number of hydrogen-bond donors (Lipinski definition) is 1. The Morgan fingerprint density at radius 3 is 2.53 bits per heavy atom. The van der Waals surface area contributed by atoms with Crippen molar-refractivity contribution in [3.05, 3.63) is 34.9 Å². The highest BCUT2D eigenvalue weighted by atomic mass is 35.5. The van der Waals surface area contributed by atoms with Crippen molar-refractivity contribution in [2.45, 2.75) is 6.54 Å². The van der Waals surface area contributed by atoms with Gasteiger partial charge in [-0.2, -0.15) is 0 Å². The normalized spacial score (nSPS) is 10.5. The second-order valence-electron chi connectivity index (χ2n) is 4.52. The van der Waals surface area contributed by atoms with Crippen molar-refractivity contribution in [3.63, 3.8) is 0 Å². The summed E-state index contributed by atoms with van der Waals surface area (Å²) in [5.41, 5.74) is 6.02. The average Bonchev–Trinajstić information content (AvgIpc) is 2.27. The molecule has 2 N–H and O–H groups in total. The van der Waals surface area contributed by atoms with Crippen LogP contribution in [0.5, 0.6) is 0 Å². The van der Waals surface area contributed by atoms with Gasteiger partial charge in [0.25, 0.3) is 0 Å². The molecule has 104 valence electrons. The van der Waals surface area contributed by atoms with Gasteiger partial charge < -0.3 is 10.6 Å². The number of nitrogens with zero attached hydrogens (tertiary/aromatic N) is 2. The molecule has 6 heteroatoms. The van der Waals surface area contributed by atoms with E-state index in [1.165, 1.54) is 0 Å². The van der Waals surface area contributed by atoms with Gasteiger partial charge in [-0.3, -0.25) is 14.5 Å². The Kier molecular flexibility index (Phi) is 5.79. The highest BCUT2D eigenvalue weighted by Gasteiger charge is 2.13. The Balaban J connectivity index is 2.51. The van der Waals surface area contributed by atoms with Crippen LogP contribution in [0.25, 0.3) is 0 Å². The molecule has 0 spiro atoms. The maximum Gasteiger partial charge on any atom is 0.236 e. The third-order valence-corrected chi connectivity index (χ3v) is 2.80. The fourth-order valence-corrected chi connectivity index (χ4v) is 1.88. The summed E-state index contributed by atoms with van der Waals surface area (Å²) in [5, 5.41) is 0.643. The van der Waals surface area contributed by atoms with Crippen molar-refractivity contribution in [2.75, 3.05) is 27.2 Å². The van der Waals surface area contributed by atoms with E-state index in [2.05, 4.69) is 0 Å². The molecule has 0 fully saturated rings. The van der Waals surface area contributed by atoms with Gasteiger partial charge in [0.2, 0.25) is 11.8 Å². The van der Waals surface area contributed by atoms with Crippen molar-refractivity contribution < 1.29 is 9.59 Å². The predicted octanol–water partition coefficient (Wildman–Crippen LogP) is 0.716. The lowest BCUT2D eigenvalue weighted by molar-refractivity contribution is -0.131. The second kappa shape index (κ2) is 7.11. The Morgan fingerprint density at radius 2 is 1.95 bits per heavy atom. The molecule has 0 heterocycles. The standard InChI is InChI=1S/C13H18ClN3O2/c1-16(8-12(15)18)9-13(19)17(2)7-10-4-3-5-11(14)6-10/h3-6H,7-9H2,1-2H3,(H2,15,18). The molecule has 0 atom stereocenters. The molecule has 0 aliphatic carbocycles. The van der Waals surface area contributed by atoms with Crippen molar-refractivity contribution >= 4 is 23.4 Å². The van der Waals surface area contributed by atoms with Gasteiger partial charge in [-0.15, -0.1) is 0 Å². The lowest BCUT2D eigenvalue weighted by Gasteiger charge is -2.21. The van der Waals surface area contributed by atoms with Gasteiger partial charge in [0.15, 0.2) is 0 Å². The Morgan fingerprint density at radius 1 is 1.26 bits per heavy atom. The zero-order valence-electron chi connectivity index (χ0n) is 11.1. The minimum atomic E-state index is -0.451. The number of benzene rings is 1.